The fraction of sp³-hybridized carbons (Fsp3) is 0.909. The minimum atomic E-state index is 0.0489. The van der Waals surface area contributed by atoms with Crippen LogP contribution in [0.2, 0.25) is 0 Å². The lowest BCUT2D eigenvalue weighted by Crippen LogP contribution is -2.43. The van der Waals surface area contributed by atoms with Gasteiger partial charge >= 0.3 is 0 Å². The van der Waals surface area contributed by atoms with Gasteiger partial charge in [0, 0.05) is 31.7 Å². The summed E-state index contributed by atoms with van der Waals surface area (Å²) >= 11 is 0. The van der Waals surface area contributed by atoms with Gasteiger partial charge in [0.25, 0.3) is 0 Å². The summed E-state index contributed by atoms with van der Waals surface area (Å²) < 4.78 is 5.24. The molecule has 0 aliphatic carbocycles. The summed E-state index contributed by atoms with van der Waals surface area (Å²) in [5, 5.41) is 6.25. The number of amides is 1. The lowest BCUT2D eigenvalue weighted by molar-refractivity contribution is -0.125. The van der Waals surface area contributed by atoms with Crippen molar-refractivity contribution in [3.8, 4) is 0 Å². The first-order valence-electron chi connectivity index (χ1n) is 5.83. The van der Waals surface area contributed by atoms with E-state index >= 15 is 0 Å². The first kappa shape index (κ1) is 12.5. The van der Waals surface area contributed by atoms with Gasteiger partial charge in [0.2, 0.25) is 5.91 Å². The SMILES string of the molecule is CCNCC(C)C(=O)NC1CCOCC1. The first-order valence-corrected chi connectivity index (χ1v) is 5.83. The average molecular weight is 214 g/mol. The first-order chi connectivity index (χ1) is 7.24. The van der Waals surface area contributed by atoms with Crippen LogP contribution in [0.5, 0.6) is 0 Å². The van der Waals surface area contributed by atoms with Crippen molar-refractivity contribution in [2.45, 2.75) is 32.7 Å². The quantitative estimate of drug-likeness (QED) is 0.702. The van der Waals surface area contributed by atoms with Crippen LogP contribution in [0.25, 0.3) is 0 Å². The van der Waals surface area contributed by atoms with Crippen LogP contribution in [0.3, 0.4) is 0 Å². The number of hydrogen-bond donors (Lipinski definition) is 2. The number of carbonyl (C=O) groups excluding carboxylic acids is 1. The van der Waals surface area contributed by atoms with Crippen LogP contribution in [0.4, 0.5) is 0 Å². The van der Waals surface area contributed by atoms with Crippen molar-refractivity contribution in [1.29, 1.82) is 0 Å². The van der Waals surface area contributed by atoms with Crippen molar-refractivity contribution in [3.63, 3.8) is 0 Å². The molecular formula is C11H22N2O2. The molecule has 1 aliphatic rings. The van der Waals surface area contributed by atoms with E-state index in [9.17, 15) is 4.79 Å². The Balaban J connectivity index is 2.20. The molecule has 1 heterocycles. The number of nitrogens with one attached hydrogen (secondary N) is 2. The third kappa shape index (κ3) is 4.62. The van der Waals surface area contributed by atoms with E-state index in [-0.39, 0.29) is 11.8 Å². The number of ether oxygens (including phenoxy) is 1. The van der Waals surface area contributed by atoms with Gasteiger partial charge in [-0.05, 0) is 19.4 Å². The molecule has 1 atom stereocenters. The summed E-state index contributed by atoms with van der Waals surface area (Å²) in [5.41, 5.74) is 0. The van der Waals surface area contributed by atoms with Gasteiger partial charge in [-0.25, -0.2) is 0 Å². The van der Waals surface area contributed by atoms with Crippen LogP contribution in [-0.4, -0.2) is 38.3 Å². The molecule has 0 aromatic carbocycles. The molecule has 1 aliphatic heterocycles. The number of rotatable bonds is 5. The Morgan fingerprint density at radius 1 is 1.47 bits per heavy atom. The van der Waals surface area contributed by atoms with Gasteiger partial charge in [0.15, 0.2) is 0 Å². The Hall–Kier alpha value is -0.610. The third-order valence-electron chi connectivity index (χ3n) is 2.72. The molecule has 88 valence electrons. The van der Waals surface area contributed by atoms with Crippen molar-refractivity contribution in [3.05, 3.63) is 0 Å². The van der Waals surface area contributed by atoms with Crippen LogP contribution in [0, 0.1) is 5.92 Å². The van der Waals surface area contributed by atoms with Crippen molar-refractivity contribution < 1.29 is 9.53 Å². The van der Waals surface area contributed by atoms with Crippen molar-refractivity contribution in [2.75, 3.05) is 26.3 Å². The molecule has 0 bridgehead atoms. The van der Waals surface area contributed by atoms with Gasteiger partial charge in [0.1, 0.15) is 0 Å². The molecule has 1 saturated heterocycles. The normalized spacial score (nSPS) is 19.9. The fourth-order valence-corrected chi connectivity index (χ4v) is 1.64. The van der Waals surface area contributed by atoms with E-state index in [0.29, 0.717) is 6.04 Å². The molecular weight excluding hydrogens is 192 g/mol. The highest BCUT2D eigenvalue weighted by atomic mass is 16.5. The molecule has 4 nitrogen and oxygen atoms in total. The zero-order valence-electron chi connectivity index (χ0n) is 9.71. The van der Waals surface area contributed by atoms with Gasteiger partial charge in [-0.15, -0.1) is 0 Å². The van der Waals surface area contributed by atoms with Crippen LogP contribution in [0.1, 0.15) is 26.7 Å². The van der Waals surface area contributed by atoms with E-state index in [0.717, 1.165) is 39.1 Å². The molecule has 0 spiro atoms. The summed E-state index contributed by atoms with van der Waals surface area (Å²) in [6.45, 7) is 7.21. The summed E-state index contributed by atoms with van der Waals surface area (Å²) in [4.78, 5) is 11.7. The van der Waals surface area contributed by atoms with E-state index in [2.05, 4.69) is 10.6 Å². The third-order valence-corrected chi connectivity index (χ3v) is 2.72. The van der Waals surface area contributed by atoms with E-state index in [4.69, 9.17) is 4.74 Å². The second-order valence-electron chi connectivity index (χ2n) is 4.10. The minimum absolute atomic E-state index is 0.0489. The van der Waals surface area contributed by atoms with E-state index in [1.54, 1.807) is 0 Å². The van der Waals surface area contributed by atoms with E-state index < -0.39 is 0 Å². The minimum Gasteiger partial charge on any atom is -0.381 e. The summed E-state index contributed by atoms with van der Waals surface area (Å²) in [5.74, 6) is 0.204. The maximum atomic E-state index is 11.7. The average Bonchev–Trinajstić information content (AvgIpc) is 2.27. The maximum absolute atomic E-state index is 11.7. The molecule has 1 amide bonds. The highest BCUT2D eigenvalue weighted by Crippen LogP contribution is 2.07. The van der Waals surface area contributed by atoms with Gasteiger partial charge in [-0.3, -0.25) is 4.79 Å². The Morgan fingerprint density at radius 2 is 2.13 bits per heavy atom. The van der Waals surface area contributed by atoms with Crippen molar-refractivity contribution >= 4 is 5.91 Å². The molecule has 0 aromatic rings. The summed E-state index contributed by atoms with van der Waals surface area (Å²) in [6, 6.07) is 0.315. The largest absolute Gasteiger partial charge is 0.381 e. The molecule has 0 radical (unpaired) electrons. The predicted octanol–water partition coefficient (Wildman–Crippen LogP) is 0.527. The second kappa shape index (κ2) is 6.80. The zero-order chi connectivity index (χ0) is 11.1. The highest BCUT2D eigenvalue weighted by Gasteiger charge is 2.19. The van der Waals surface area contributed by atoms with Crippen LogP contribution in [-0.2, 0) is 9.53 Å². The van der Waals surface area contributed by atoms with E-state index in [1.807, 2.05) is 13.8 Å². The Bertz CT molecular complexity index is 191. The Morgan fingerprint density at radius 3 is 2.73 bits per heavy atom. The van der Waals surface area contributed by atoms with Crippen LogP contribution < -0.4 is 10.6 Å². The standard InChI is InChI=1S/C11H22N2O2/c1-3-12-8-9(2)11(14)13-10-4-6-15-7-5-10/h9-10,12H,3-8H2,1-2H3,(H,13,14). The number of hydrogen-bond acceptors (Lipinski definition) is 3. The molecule has 4 heteroatoms. The topological polar surface area (TPSA) is 50.4 Å². The van der Waals surface area contributed by atoms with Crippen molar-refractivity contribution in [1.82, 2.24) is 10.6 Å². The lowest BCUT2D eigenvalue weighted by Gasteiger charge is -2.24. The second-order valence-corrected chi connectivity index (χ2v) is 4.10. The highest BCUT2D eigenvalue weighted by molar-refractivity contribution is 5.78. The predicted molar refractivity (Wildman–Crippen MR) is 59.7 cm³/mol. The maximum Gasteiger partial charge on any atom is 0.224 e. The molecule has 15 heavy (non-hydrogen) atoms. The molecule has 1 unspecified atom stereocenters. The summed E-state index contributed by atoms with van der Waals surface area (Å²) in [6.07, 6.45) is 1.89. The summed E-state index contributed by atoms with van der Waals surface area (Å²) in [7, 11) is 0. The smallest absolute Gasteiger partial charge is 0.224 e. The molecule has 0 saturated carbocycles. The molecule has 1 fully saturated rings. The molecule has 0 aromatic heterocycles. The van der Waals surface area contributed by atoms with Gasteiger partial charge in [-0.1, -0.05) is 13.8 Å². The number of carbonyl (C=O) groups is 1. The van der Waals surface area contributed by atoms with Crippen LogP contribution >= 0.6 is 0 Å². The monoisotopic (exact) mass is 214 g/mol. The fourth-order valence-electron chi connectivity index (χ4n) is 1.64. The van der Waals surface area contributed by atoms with Gasteiger partial charge in [-0.2, -0.15) is 0 Å². The van der Waals surface area contributed by atoms with Crippen molar-refractivity contribution in [2.24, 2.45) is 5.92 Å². The van der Waals surface area contributed by atoms with Gasteiger partial charge < -0.3 is 15.4 Å². The lowest BCUT2D eigenvalue weighted by atomic mass is 10.1. The van der Waals surface area contributed by atoms with Crippen LogP contribution in [0.15, 0.2) is 0 Å². The molecule has 1 rings (SSSR count). The zero-order valence-corrected chi connectivity index (χ0v) is 9.71. The van der Waals surface area contributed by atoms with Gasteiger partial charge in [0.05, 0.1) is 0 Å². The molecule has 2 N–H and O–H groups in total. The van der Waals surface area contributed by atoms with E-state index in [1.165, 1.54) is 0 Å². The Kier molecular flexibility index (Phi) is 5.65. The Labute approximate surface area is 91.8 Å².